The molecular formula is C13H8Br3N3. The minimum Gasteiger partial charge on any atom is -0.366 e. The Balaban J connectivity index is 2.33. The van der Waals surface area contributed by atoms with Crippen molar-refractivity contribution < 1.29 is 0 Å². The molecule has 0 spiro atoms. The van der Waals surface area contributed by atoms with Gasteiger partial charge < -0.3 is 4.90 Å². The molecule has 1 aliphatic rings. The molecule has 2 rings (SSSR count). The van der Waals surface area contributed by atoms with E-state index in [-0.39, 0.29) is 5.57 Å². The third-order valence-corrected chi connectivity index (χ3v) is 5.45. The van der Waals surface area contributed by atoms with Gasteiger partial charge in [0.25, 0.3) is 0 Å². The van der Waals surface area contributed by atoms with Crippen LogP contribution in [-0.4, -0.2) is 13.1 Å². The largest absolute Gasteiger partial charge is 0.366 e. The van der Waals surface area contributed by atoms with Gasteiger partial charge in [-0.25, -0.2) is 0 Å². The summed E-state index contributed by atoms with van der Waals surface area (Å²) in [5, 5.41) is 17.8. The number of halogens is 3. The predicted octanol–water partition coefficient (Wildman–Crippen LogP) is 4.53. The van der Waals surface area contributed by atoms with Crippen LogP contribution in [0.4, 0.5) is 5.69 Å². The van der Waals surface area contributed by atoms with Crippen LogP contribution in [-0.2, 0) is 0 Å². The van der Waals surface area contributed by atoms with Crippen molar-refractivity contribution in [1.82, 2.24) is 0 Å². The zero-order valence-electron chi connectivity index (χ0n) is 9.75. The first-order chi connectivity index (χ1) is 9.06. The molecule has 1 saturated heterocycles. The molecule has 0 saturated carbocycles. The average Bonchev–Trinajstić information content (AvgIpc) is 2.85. The molecule has 96 valence electrons. The minimum absolute atomic E-state index is 0.245. The number of nitriles is 2. The van der Waals surface area contributed by atoms with Gasteiger partial charge in [0, 0.05) is 26.5 Å². The second-order valence-electron chi connectivity index (χ2n) is 4.09. The number of rotatable bonds is 1. The molecule has 0 aromatic heterocycles. The molecule has 0 atom stereocenters. The molecule has 19 heavy (non-hydrogen) atoms. The molecule has 1 aromatic carbocycles. The van der Waals surface area contributed by atoms with Crippen LogP contribution in [0.15, 0.2) is 36.7 Å². The molecule has 0 radical (unpaired) electrons. The van der Waals surface area contributed by atoms with Crippen molar-refractivity contribution in [2.75, 3.05) is 18.0 Å². The maximum absolute atomic E-state index is 8.91. The van der Waals surface area contributed by atoms with Gasteiger partial charge in [0.05, 0.1) is 5.69 Å². The van der Waals surface area contributed by atoms with E-state index < -0.39 is 0 Å². The van der Waals surface area contributed by atoms with Crippen LogP contribution in [0.1, 0.15) is 6.42 Å². The first kappa shape index (κ1) is 14.6. The highest BCUT2D eigenvalue weighted by Gasteiger charge is 2.22. The molecule has 1 aliphatic heterocycles. The molecule has 0 bridgehead atoms. The number of anilines is 1. The lowest BCUT2D eigenvalue weighted by Crippen LogP contribution is -2.18. The van der Waals surface area contributed by atoms with Crippen molar-refractivity contribution >= 4 is 53.5 Å². The van der Waals surface area contributed by atoms with Crippen LogP contribution in [0.2, 0.25) is 0 Å². The minimum atomic E-state index is 0.245. The van der Waals surface area contributed by atoms with Crippen LogP contribution >= 0.6 is 47.8 Å². The van der Waals surface area contributed by atoms with E-state index in [2.05, 4.69) is 52.7 Å². The molecule has 0 amide bonds. The standard InChI is InChI=1S/C13H8Br3N3/c14-10-3-12(16)13(4-11(10)15)19-2-1-8(7-19)9(5-17)6-18/h3-4H,1-2,7H2. The van der Waals surface area contributed by atoms with E-state index in [1.807, 2.05) is 24.3 Å². The van der Waals surface area contributed by atoms with Gasteiger partial charge in [0.1, 0.15) is 17.7 Å². The lowest BCUT2D eigenvalue weighted by molar-refractivity contribution is 0.963. The van der Waals surface area contributed by atoms with Crippen molar-refractivity contribution in [3.63, 3.8) is 0 Å². The van der Waals surface area contributed by atoms with E-state index in [0.29, 0.717) is 6.54 Å². The van der Waals surface area contributed by atoms with E-state index in [1.165, 1.54) is 0 Å². The maximum atomic E-state index is 8.91. The average molecular weight is 446 g/mol. The Morgan fingerprint density at radius 2 is 1.68 bits per heavy atom. The van der Waals surface area contributed by atoms with Gasteiger partial charge in [0.15, 0.2) is 0 Å². The highest BCUT2D eigenvalue weighted by molar-refractivity contribution is 9.13. The fraction of sp³-hybridized carbons (Fsp3) is 0.231. The number of benzene rings is 1. The van der Waals surface area contributed by atoms with Crippen molar-refractivity contribution in [2.24, 2.45) is 0 Å². The van der Waals surface area contributed by atoms with Gasteiger partial charge in [0.2, 0.25) is 0 Å². The molecule has 0 N–H and O–H groups in total. The van der Waals surface area contributed by atoms with Gasteiger partial charge in [-0.2, -0.15) is 10.5 Å². The first-order valence-electron chi connectivity index (χ1n) is 5.48. The summed E-state index contributed by atoms with van der Waals surface area (Å²) in [6.45, 7) is 1.44. The first-order valence-corrected chi connectivity index (χ1v) is 7.86. The number of allylic oxidation sites excluding steroid dienone is 1. The van der Waals surface area contributed by atoms with Crippen molar-refractivity contribution in [2.45, 2.75) is 6.42 Å². The van der Waals surface area contributed by atoms with Crippen LogP contribution < -0.4 is 4.90 Å². The van der Waals surface area contributed by atoms with E-state index in [1.54, 1.807) is 0 Å². The molecule has 0 unspecified atom stereocenters. The summed E-state index contributed by atoms with van der Waals surface area (Å²) in [7, 11) is 0. The molecule has 1 aromatic rings. The van der Waals surface area contributed by atoms with E-state index in [0.717, 1.165) is 37.6 Å². The Morgan fingerprint density at radius 3 is 2.32 bits per heavy atom. The summed E-state index contributed by atoms with van der Waals surface area (Å²) in [4.78, 5) is 2.16. The third-order valence-electron chi connectivity index (χ3n) is 2.97. The Kier molecular flexibility index (Phi) is 4.67. The predicted molar refractivity (Wildman–Crippen MR) is 84.6 cm³/mol. The smallest absolute Gasteiger partial charge is 0.130 e. The van der Waals surface area contributed by atoms with Gasteiger partial charge in [-0.3, -0.25) is 0 Å². The maximum Gasteiger partial charge on any atom is 0.130 e. The second kappa shape index (κ2) is 6.09. The number of hydrogen-bond acceptors (Lipinski definition) is 3. The Bertz CT molecular complexity index is 622. The Labute approximate surface area is 136 Å². The van der Waals surface area contributed by atoms with Crippen molar-refractivity contribution in [3.05, 3.63) is 36.7 Å². The normalized spacial score (nSPS) is 14.2. The van der Waals surface area contributed by atoms with E-state index >= 15 is 0 Å². The number of hydrogen-bond donors (Lipinski definition) is 0. The zero-order chi connectivity index (χ0) is 14.0. The third kappa shape index (κ3) is 3.02. The SMILES string of the molecule is N#CC(C#N)=C1CCN(c2cc(Br)c(Br)cc2Br)C1. The summed E-state index contributed by atoms with van der Waals surface area (Å²) >= 11 is 10.5. The molecule has 1 fully saturated rings. The fourth-order valence-electron chi connectivity index (χ4n) is 2.01. The van der Waals surface area contributed by atoms with Crippen molar-refractivity contribution in [3.8, 4) is 12.1 Å². The second-order valence-corrected chi connectivity index (χ2v) is 6.65. The topological polar surface area (TPSA) is 50.8 Å². The summed E-state index contributed by atoms with van der Waals surface area (Å²) in [5.41, 5.74) is 2.21. The highest BCUT2D eigenvalue weighted by Crippen LogP contribution is 2.37. The molecule has 1 heterocycles. The van der Waals surface area contributed by atoms with E-state index in [9.17, 15) is 0 Å². The lowest BCUT2D eigenvalue weighted by atomic mass is 10.1. The zero-order valence-corrected chi connectivity index (χ0v) is 14.5. The quantitative estimate of drug-likeness (QED) is 0.471. The van der Waals surface area contributed by atoms with Gasteiger partial charge in [-0.1, -0.05) is 0 Å². The van der Waals surface area contributed by atoms with Crippen LogP contribution in [0.5, 0.6) is 0 Å². The Hall–Kier alpha value is -0.820. The van der Waals surface area contributed by atoms with Crippen molar-refractivity contribution in [1.29, 1.82) is 10.5 Å². The van der Waals surface area contributed by atoms with Crippen LogP contribution in [0.3, 0.4) is 0 Å². The summed E-state index contributed by atoms with van der Waals surface area (Å²) in [6.07, 6.45) is 0.760. The molecule has 6 heteroatoms. The highest BCUT2D eigenvalue weighted by atomic mass is 79.9. The Morgan fingerprint density at radius 1 is 1.05 bits per heavy atom. The van der Waals surface area contributed by atoms with Crippen LogP contribution in [0.25, 0.3) is 0 Å². The lowest BCUT2D eigenvalue weighted by Gasteiger charge is -2.20. The van der Waals surface area contributed by atoms with Crippen LogP contribution in [0, 0.1) is 22.7 Å². The molecule has 0 aliphatic carbocycles. The summed E-state index contributed by atoms with van der Waals surface area (Å²) < 4.78 is 2.94. The van der Waals surface area contributed by atoms with Gasteiger partial charge in [-0.05, 0) is 71.9 Å². The molecular weight excluding hydrogens is 438 g/mol. The number of nitrogens with zero attached hydrogens (tertiary/aromatic N) is 3. The monoisotopic (exact) mass is 443 g/mol. The van der Waals surface area contributed by atoms with Gasteiger partial charge in [-0.15, -0.1) is 0 Å². The van der Waals surface area contributed by atoms with E-state index in [4.69, 9.17) is 10.5 Å². The van der Waals surface area contributed by atoms with Gasteiger partial charge >= 0.3 is 0 Å². The summed E-state index contributed by atoms with van der Waals surface area (Å²) in [6, 6.07) is 7.93. The summed E-state index contributed by atoms with van der Waals surface area (Å²) in [5.74, 6) is 0. The fourth-order valence-corrected chi connectivity index (χ4v) is 3.58. The molecule has 3 nitrogen and oxygen atoms in total.